The van der Waals surface area contributed by atoms with E-state index in [4.69, 9.17) is 4.74 Å². The van der Waals surface area contributed by atoms with Crippen LogP contribution >= 0.6 is 0 Å². The number of fused-ring (bicyclic) bond motifs is 1. The van der Waals surface area contributed by atoms with Gasteiger partial charge in [-0.3, -0.25) is 9.48 Å². The van der Waals surface area contributed by atoms with Gasteiger partial charge in [-0.25, -0.2) is 12.7 Å². The molecule has 9 heteroatoms. The van der Waals surface area contributed by atoms with Crippen molar-refractivity contribution in [1.82, 2.24) is 19.4 Å². The molecule has 2 aliphatic rings. The Bertz CT molecular complexity index is 687. The number of piperidine rings is 1. The fourth-order valence-corrected chi connectivity index (χ4v) is 4.30. The lowest BCUT2D eigenvalue weighted by Crippen LogP contribution is -2.45. The molecule has 2 saturated heterocycles. The van der Waals surface area contributed by atoms with E-state index >= 15 is 0 Å². The van der Waals surface area contributed by atoms with Crippen LogP contribution < -0.4 is 5.32 Å². The summed E-state index contributed by atoms with van der Waals surface area (Å²) in [6.45, 7) is 2.02. The number of carbonyl (C=O) groups excluding carboxylic acids is 1. The van der Waals surface area contributed by atoms with E-state index in [1.165, 1.54) is 16.8 Å². The predicted octanol–water partition coefficient (Wildman–Crippen LogP) is -0.554. The molecule has 0 bridgehead atoms. The summed E-state index contributed by atoms with van der Waals surface area (Å²) in [5.41, 5.74) is 0.522. The Morgan fingerprint density at radius 3 is 2.96 bits per heavy atom. The number of nitrogens with zero attached hydrogens (tertiary/aromatic N) is 3. The molecule has 23 heavy (non-hydrogen) atoms. The molecule has 1 amide bonds. The number of aromatic nitrogens is 2. The topological polar surface area (TPSA) is 93.5 Å². The predicted molar refractivity (Wildman–Crippen MR) is 83.3 cm³/mol. The number of nitrogens with one attached hydrogen (secondary N) is 1. The van der Waals surface area contributed by atoms with E-state index in [1.54, 1.807) is 17.9 Å². The molecule has 3 heterocycles. The summed E-state index contributed by atoms with van der Waals surface area (Å²) in [6.07, 6.45) is 5.15. The van der Waals surface area contributed by atoms with Gasteiger partial charge < -0.3 is 10.1 Å². The first-order valence-electron chi connectivity index (χ1n) is 7.68. The van der Waals surface area contributed by atoms with Crippen LogP contribution in [-0.4, -0.2) is 67.0 Å². The van der Waals surface area contributed by atoms with E-state index in [9.17, 15) is 13.2 Å². The van der Waals surface area contributed by atoms with Crippen LogP contribution in [0.4, 0.5) is 0 Å². The zero-order valence-corrected chi connectivity index (χ0v) is 14.1. The molecular weight excluding hydrogens is 320 g/mol. The molecule has 3 atom stereocenters. The molecule has 0 spiro atoms. The van der Waals surface area contributed by atoms with E-state index in [-0.39, 0.29) is 17.9 Å². The van der Waals surface area contributed by atoms with Gasteiger partial charge in [0, 0.05) is 38.8 Å². The minimum Gasteiger partial charge on any atom is -0.376 e. The molecule has 0 radical (unpaired) electrons. The number of ether oxygens (including phenoxy) is 1. The molecule has 0 unspecified atom stereocenters. The van der Waals surface area contributed by atoms with E-state index < -0.39 is 10.0 Å². The fraction of sp³-hybridized carbons (Fsp3) is 0.714. The minimum absolute atomic E-state index is 0.0534. The van der Waals surface area contributed by atoms with Gasteiger partial charge in [0.05, 0.1) is 30.7 Å². The third-order valence-corrected chi connectivity index (χ3v) is 5.93. The first-order chi connectivity index (χ1) is 10.8. The Hall–Kier alpha value is -1.45. The van der Waals surface area contributed by atoms with Crippen LogP contribution in [0.3, 0.4) is 0 Å². The largest absolute Gasteiger partial charge is 0.376 e. The second-order valence-corrected chi connectivity index (χ2v) is 8.30. The number of aryl methyl sites for hydroxylation is 1. The third-order valence-electron chi connectivity index (χ3n) is 4.66. The molecule has 0 aliphatic carbocycles. The second-order valence-electron chi connectivity index (χ2n) is 6.32. The highest BCUT2D eigenvalue weighted by atomic mass is 32.2. The number of rotatable bonds is 4. The zero-order valence-electron chi connectivity index (χ0n) is 13.3. The lowest BCUT2D eigenvalue weighted by Gasteiger charge is -2.34. The van der Waals surface area contributed by atoms with Crippen LogP contribution in [0.15, 0.2) is 12.4 Å². The molecule has 3 rings (SSSR count). The normalized spacial score (nSPS) is 28.5. The maximum absolute atomic E-state index is 12.1. The SMILES string of the molecule is Cn1cc(C(=O)NC[C@@H]2OC[C@H]3CN(S(C)(=O)=O)CC[C@H]32)cn1. The maximum Gasteiger partial charge on any atom is 0.254 e. The van der Waals surface area contributed by atoms with Gasteiger partial charge in [0.15, 0.2) is 0 Å². The van der Waals surface area contributed by atoms with Crippen LogP contribution in [0.25, 0.3) is 0 Å². The van der Waals surface area contributed by atoms with Crippen LogP contribution in [0.1, 0.15) is 16.8 Å². The van der Waals surface area contributed by atoms with Crippen molar-refractivity contribution in [2.24, 2.45) is 18.9 Å². The van der Waals surface area contributed by atoms with Gasteiger partial charge in [0.2, 0.25) is 10.0 Å². The average Bonchev–Trinajstić information content (AvgIpc) is 3.09. The van der Waals surface area contributed by atoms with Crippen molar-refractivity contribution < 1.29 is 17.9 Å². The number of carbonyl (C=O) groups is 1. The highest BCUT2D eigenvalue weighted by Gasteiger charge is 2.42. The number of hydrogen-bond acceptors (Lipinski definition) is 5. The molecule has 1 aromatic heterocycles. The summed E-state index contributed by atoms with van der Waals surface area (Å²) in [6, 6.07) is 0. The van der Waals surface area contributed by atoms with Crippen molar-refractivity contribution in [3.05, 3.63) is 18.0 Å². The van der Waals surface area contributed by atoms with E-state index in [2.05, 4.69) is 10.4 Å². The highest BCUT2D eigenvalue weighted by molar-refractivity contribution is 7.88. The van der Waals surface area contributed by atoms with Crippen molar-refractivity contribution in [2.75, 3.05) is 32.5 Å². The Labute approximate surface area is 135 Å². The van der Waals surface area contributed by atoms with Gasteiger partial charge in [0.1, 0.15) is 0 Å². The third kappa shape index (κ3) is 3.56. The van der Waals surface area contributed by atoms with Crippen LogP contribution in [-0.2, 0) is 21.8 Å². The summed E-state index contributed by atoms with van der Waals surface area (Å²) in [7, 11) is -1.38. The van der Waals surface area contributed by atoms with Crippen molar-refractivity contribution >= 4 is 15.9 Å². The summed E-state index contributed by atoms with van der Waals surface area (Å²) in [5, 5.41) is 6.86. The lowest BCUT2D eigenvalue weighted by atomic mass is 9.85. The molecule has 1 aromatic rings. The van der Waals surface area contributed by atoms with Crippen molar-refractivity contribution in [3.8, 4) is 0 Å². The molecule has 8 nitrogen and oxygen atoms in total. The first kappa shape index (κ1) is 16.4. The van der Waals surface area contributed by atoms with E-state index in [0.717, 1.165) is 6.42 Å². The van der Waals surface area contributed by atoms with Gasteiger partial charge in [-0.1, -0.05) is 0 Å². The Morgan fingerprint density at radius 2 is 2.30 bits per heavy atom. The molecule has 0 saturated carbocycles. The Balaban J connectivity index is 1.54. The summed E-state index contributed by atoms with van der Waals surface area (Å²) >= 11 is 0. The van der Waals surface area contributed by atoms with Gasteiger partial charge >= 0.3 is 0 Å². The van der Waals surface area contributed by atoms with Crippen LogP contribution in [0, 0.1) is 11.8 Å². The smallest absolute Gasteiger partial charge is 0.254 e. The first-order valence-corrected chi connectivity index (χ1v) is 9.53. The Morgan fingerprint density at radius 1 is 1.52 bits per heavy atom. The van der Waals surface area contributed by atoms with Crippen LogP contribution in [0.2, 0.25) is 0 Å². The maximum atomic E-state index is 12.1. The lowest BCUT2D eigenvalue weighted by molar-refractivity contribution is 0.0762. The number of amides is 1. The van der Waals surface area contributed by atoms with Crippen LogP contribution in [0.5, 0.6) is 0 Å². The number of sulfonamides is 1. The van der Waals surface area contributed by atoms with Gasteiger partial charge in [-0.05, 0) is 12.3 Å². The van der Waals surface area contributed by atoms with Gasteiger partial charge in [0.25, 0.3) is 5.91 Å². The van der Waals surface area contributed by atoms with Gasteiger partial charge in [-0.2, -0.15) is 5.10 Å². The average molecular weight is 342 g/mol. The second kappa shape index (κ2) is 6.21. The standard InChI is InChI=1S/C14H22N4O4S/c1-17-7-10(5-16-17)14(19)15-6-13-12-3-4-18(23(2,20)21)8-11(12)9-22-13/h5,7,11-13H,3-4,6,8-9H2,1-2H3,(H,15,19)/t11-,12-,13+/m1/s1. The van der Waals surface area contributed by atoms with E-state index in [0.29, 0.717) is 37.7 Å². The van der Waals surface area contributed by atoms with Crippen molar-refractivity contribution in [2.45, 2.75) is 12.5 Å². The number of hydrogen-bond donors (Lipinski definition) is 1. The fourth-order valence-electron chi connectivity index (χ4n) is 3.40. The molecular formula is C14H22N4O4S. The Kier molecular flexibility index (Phi) is 4.43. The highest BCUT2D eigenvalue weighted by Crippen LogP contribution is 2.34. The molecule has 128 valence electrons. The van der Waals surface area contributed by atoms with E-state index in [1.807, 2.05) is 0 Å². The van der Waals surface area contributed by atoms with Crippen molar-refractivity contribution in [3.63, 3.8) is 0 Å². The minimum atomic E-state index is -3.14. The summed E-state index contributed by atoms with van der Waals surface area (Å²) < 4.78 is 32.2. The quantitative estimate of drug-likeness (QED) is 0.792. The monoisotopic (exact) mass is 342 g/mol. The summed E-state index contributed by atoms with van der Waals surface area (Å²) in [5.74, 6) is 0.333. The molecule has 1 N–H and O–H groups in total. The van der Waals surface area contributed by atoms with Gasteiger partial charge in [-0.15, -0.1) is 0 Å². The molecule has 0 aromatic carbocycles. The molecule has 2 fully saturated rings. The molecule has 2 aliphatic heterocycles. The van der Waals surface area contributed by atoms with Crippen molar-refractivity contribution in [1.29, 1.82) is 0 Å². The zero-order chi connectivity index (χ0) is 16.6. The summed E-state index contributed by atoms with van der Waals surface area (Å²) in [4.78, 5) is 12.1.